The Kier molecular flexibility index (Phi) is 4.80. The van der Waals surface area contributed by atoms with Crippen molar-refractivity contribution in [3.63, 3.8) is 0 Å². The molecule has 4 heteroatoms. The van der Waals surface area contributed by atoms with E-state index in [1.807, 2.05) is 12.1 Å². The molecule has 1 heterocycles. The van der Waals surface area contributed by atoms with E-state index in [9.17, 15) is 4.79 Å². The maximum Gasteiger partial charge on any atom is 0.335 e. The van der Waals surface area contributed by atoms with E-state index in [0.29, 0.717) is 11.6 Å². The van der Waals surface area contributed by atoms with E-state index >= 15 is 0 Å². The van der Waals surface area contributed by atoms with E-state index in [0.717, 1.165) is 31.7 Å². The molecule has 0 unspecified atom stereocenters. The number of piperazine rings is 1. The molecule has 19 heavy (non-hydrogen) atoms. The zero-order valence-electron chi connectivity index (χ0n) is 11.4. The average Bonchev–Trinajstić information content (AvgIpc) is 2.45. The van der Waals surface area contributed by atoms with Gasteiger partial charge in [-0.15, -0.1) is 0 Å². The summed E-state index contributed by atoms with van der Waals surface area (Å²) in [5.74, 6) is -0.859. The van der Waals surface area contributed by atoms with Crippen LogP contribution in [0.1, 0.15) is 36.5 Å². The predicted octanol–water partition coefficient (Wildman–Crippen LogP) is 2.35. The molecule has 4 nitrogen and oxygen atoms in total. The number of aromatic carboxylic acids is 1. The van der Waals surface area contributed by atoms with Gasteiger partial charge in [-0.05, 0) is 24.6 Å². The van der Waals surface area contributed by atoms with Crippen molar-refractivity contribution in [3.8, 4) is 0 Å². The van der Waals surface area contributed by atoms with E-state index < -0.39 is 5.97 Å². The lowest BCUT2D eigenvalue weighted by molar-refractivity contribution is 0.0697. The number of nitrogens with zero attached hydrogens (tertiary/aromatic N) is 1. The minimum atomic E-state index is -0.859. The Bertz CT molecular complexity index is 434. The standard InChI is InChI=1S/C15H22N2O2/c1-2-3-6-14-11-16-8-9-17(14)13-7-4-5-12(10-13)15(18)19/h4-5,7,10,14,16H,2-3,6,8-9,11H2,1H3,(H,18,19)/t14-/m1/s1. The van der Waals surface area contributed by atoms with E-state index in [-0.39, 0.29) is 0 Å². The number of carboxylic acid groups (broad SMARTS) is 1. The van der Waals surface area contributed by atoms with Crippen LogP contribution in [0.3, 0.4) is 0 Å². The summed E-state index contributed by atoms with van der Waals surface area (Å²) in [5, 5.41) is 12.5. The number of unbranched alkanes of at least 4 members (excludes halogenated alkanes) is 1. The van der Waals surface area contributed by atoms with Gasteiger partial charge in [0.15, 0.2) is 0 Å². The van der Waals surface area contributed by atoms with Gasteiger partial charge in [0.25, 0.3) is 0 Å². The number of carboxylic acids is 1. The summed E-state index contributed by atoms with van der Waals surface area (Å²) in [6.45, 7) is 5.08. The summed E-state index contributed by atoms with van der Waals surface area (Å²) in [4.78, 5) is 13.4. The highest BCUT2D eigenvalue weighted by molar-refractivity contribution is 5.88. The molecule has 1 aromatic rings. The Morgan fingerprint density at radius 2 is 2.37 bits per heavy atom. The highest BCUT2D eigenvalue weighted by Crippen LogP contribution is 2.22. The Morgan fingerprint density at radius 3 is 3.11 bits per heavy atom. The molecule has 1 atom stereocenters. The van der Waals surface area contributed by atoms with E-state index in [2.05, 4.69) is 17.1 Å². The lowest BCUT2D eigenvalue weighted by Crippen LogP contribution is -2.51. The number of nitrogens with one attached hydrogen (secondary N) is 1. The van der Waals surface area contributed by atoms with E-state index in [1.54, 1.807) is 12.1 Å². The molecule has 1 aliphatic heterocycles. The van der Waals surface area contributed by atoms with Crippen molar-refractivity contribution < 1.29 is 9.90 Å². The van der Waals surface area contributed by atoms with Gasteiger partial charge in [-0.25, -0.2) is 4.79 Å². The summed E-state index contributed by atoms with van der Waals surface area (Å²) in [7, 11) is 0. The van der Waals surface area contributed by atoms with Crippen LogP contribution in [0.15, 0.2) is 24.3 Å². The minimum Gasteiger partial charge on any atom is -0.478 e. The van der Waals surface area contributed by atoms with Gasteiger partial charge in [-0.1, -0.05) is 25.8 Å². The summed E-state index contributed by atoms with van der Waals surface area (Å²) in [5.41, 5.74) is 1.40. The molecule has 0 aromatic heterocycles. The highest BCUT2D eigenvalue weighted by Gasteiger charge is 2.22. The number of anilines is 1. The third-order valence-electron chi connectivity index (χ3n) is 3.67. The first-order valence-electron chi connectivity index (χ1n) is 7.03. The topological polar surface area (TPSA) is 52.6 Å². The first kappa shape index (κ1) is 13.9. The van der Waals surface area contributed by atoms with Crippen LogP contribution in [-0.2, 0) is 0 Å². The van der Waals surface area contributed by atoms with Crippen LogP contribution in [0.4, 0.5) is 5.69 Å². The molecular weight excluding hydrogens is 240 g/mol. The smallest absolute Gasteiger partial charge is 0.335 e. The fraction of sp³-hybridized carbons (Fsp3) is 0.533. The quantitative estimate of drug-likeness (QED) is 0.855. The Morgan fingerprint density at radius 1 is 1.53 bits per heavy atom. The number of carbonyl (C=O) groups is 1. The third-order valence-corrected chi connectivity index (χ3v) is 3.67. The van der Waals surface area contributed by atoms with Crippen molar-refractivity contribution in [2.24, 2.45) is 0 Å². The number of rotatable bonds is 5. The van der Waals surface area contributed by atoms with Crippen molar-refractivity contribution in [1.82, 2.24) is 5.32 Å². The van der Waals surface area contributed by atoms with Gasteiger partial charge in [-0.2, -0.15) is 0 Å². The summed E-state index contributed by atoms with van der Waals surface area (Å²) < 4.78 is 0. The fourth-order valence-electron chi connectivity index (χ4n) is 2.62. The molecule has 1 fully saturated rings. The van der Waals surface area contributed by atoms with Crippen LogP contribution in [0.5, 0.6) is 0 Å². The van der Waals surface area contributed by atoms with Crippen LogP contribution >= 0.6 is 0 Å². The Hall–Kier alpha value is -1.55. The molecule has 1 aromatic carbocycles. The van der Waals surface area contributed by atoms with Crippen molar-refractivity contribution >= 4 is 11.7 Å². The first-order chi connectivity index (χ1) is 9.22. The average molecular weight is 262 g/mol. The van der Waals surface area contributed by atoms with Crippen LogP contribution in [0.2, 0.25) is 0 Å². The Balaban J connectivity index is 2.16. The number of hydrogen-bond acceptors (Lipinski definition) is 3. The van der Waals surface area contributed by atoms with Crippen LogP contribution < -0.4 is 10.2 Å². The zero-order chi connectivity index (χ0) is 13.7. The second-order valence-corrected chi connectivity index (χ2v) is 5.05. The van der Waals surface area contributed by atoms with Gasteiger partial charge in [0.05, 0.1) is 5.56 Å². The molecule has 0 radical (unpaired) electrons. The van der Waals surface area contributed by atoms with Gasteiger partial charge in [0.2, 0.25) is 0 Å². The molecule has 1 saturated heterocycles. The molecule has 0 saturated carbocycles. The van der Waals surface area contributed by atoms with Crippen LogP contribution in [-0.4, -0.2) is 36.8 Å². The van der Waals surface area contributed by atoms with Gasteiger partial charge >= 0.3 is 5.97 Å². The minimum absolute atomic E-state index is 0.366. The number of hydrogen-bond donors (Lipinski definition) is 2. The van der Waals surface area contributed by atoms with Gasteiger partial charge in [0, 0.05) is 31.4 Å². The molecule has 0 aliphatic carbocycles. The molecule has 0 bridgehead atoms. The van der Waals surface area contributed by atoms with Crippen LogP contribution in [0.25, 0.3) is 0 Å². The molecule has 0 amide bonds. The van der Waals surface area contributed by atoms with Gasteiger partial charge in [0.1, 0.15) is 0 Å². The predicted molar refractivity (Wildman–Crippen MR) is 76.9 cm³/mol. The van der Waals surface area contributed by atoms with Crippen molar-refractivity contribution in [1.29, 1.82) is 0 Å². The van der Waals surface area contributed by atoms with Gasteiger partial charge < -0.3 is 15.3 Å². The van der Waals surface area contributed by atoms with Crippen molar-refractivity contribution in [2.45, 2.75) is 32.2 Å². The lowest BCUT2D eigenvalue weighted by Gasteiger charge is -2.38. The van der Waals surface area contributed by atoms with E-state index in [4.69, 9.17) is 5.11 Å². The molecule has 2 N–H and O–H groups in total. The third kappa shape index (κ3) is 3.47. The summed E-state index contributed by atoms with van der Waals surface area (Å²) in [6.07, 6.45) is 3.56. The second-order valence-electron chi connectivity index (χ2n) is 5.05. The highest BCUT2D eigenvalue weighted by atomic mass is 16.4. The van der Waals surface area contributed by atoms with Crippen molar-refractivity contribution in [2.75, 3.05) is 24.5 Å². The maximum atomic E-state index is 11.1. The summed E-state index contributed by atoms with van der Waals surface area (Å²) in [6, 6.07) is 7.74. The summed E-state index contributed by atoms with van der Waals surface area (Å²) >= 11 is 0. The normalized spacial score (nSPS) is 19.4. The zero-order valence-corrected chi connectivity index (χ0v) is 11.4. The molecule has 0 spiro atoms. The largest absolute Gasteiger partial charge is 0.478 e. The molecule has 2 rings (SSSR count). The van der Waals surface area contributed by atoms with Crippen molar-refractivity contribution in [3.05, 3.63) is 29.8 Å². The fourth-order valence-corrected chi connectivity index (χ4v) is 2.62. The van der Waals surface area contributed by atoms with Gasteiger partial charge in [-0.3, -0.25) is 0 Å². The molecule has 1 aliphatic rings. The first-order valence-corrected chi connectivity index (χ1v) is 7.03. The maximum absolute atomic E-state index is 11.1. The van der Waals surface area contributed by atoms with Crippen LogP contribution in [0, 0.1) is 0 Å². The monoisotopic (exact) mass is 262 g/mol. The Labute approximate surface area is 114 Å². The lowest BCUT2D eigenvalue weighted by atomic mass is 10.0. The van der Waals surface area contributed by atoms with E-state index in [1.165, 1.54) is 12.8 Å². The SMILES string of the molecule is CCCC[C@@H]1CNCCN1c1cccc(C(=O)O)c1. The number of benzene rings is 1. The molecular formula is C15H22N2O2. The molecule has 104 valence electrons. The second kappa shape index (κ2) is 6.57.